The molecular formula is C11H13ClN4O2S. The zero-order valence-electron chi connectivity index (χ0n) is 10.1. The molecule has 8 heteroatoms. The van der Waals surface area contributed by atoms with Crippen molar-refractivity contribution in [2.24, 2.45) is 0 Å². The van der Waals surface area contributed by atoms with Gasteiger partial charge in [-0.25, -0.2) is 18.1 Å². The Balaban J connectivity index is 2.22. The number of benzene rings is 1. The Morgan fingerprint density at radius 1 is 1.42 bits per heavy atom. The maximum absolute atomic E-state index is 11.1. The number of hydrogen-bond acceptors (Lipinski definition) is 4. The van der Waals surface area contributed by atoms with Crippen molar-refractivity contribution >= 4 is 33.1 Å². The first-order valence-electron chi connectivity index (χ1n) is 5.42. The highest BCUT2D eigenvalue weighted by molar-refractivity contribution is 7.88. The second kappa shape index (κ2) is 5.60. The van der Waals surface area contributed by atoms with Gasteiger partial charge in [-0.15, -0.1) is 0 Å². The molecule has 0 fully saturated rings. The van der Waals surface area contributed by atoms with Gasteiger partial charge in [0.1, 0.15) is 5.82 Å². The number of sulfonamides is 1. The maximum atomic E-state index is 11.1. The minimum Gasteiger partial charge on any atom is -0.340 e. The van der Waals surface area contributed by atoms with Gasteiger partial charge in [-0.05, 0) is 23.8 Å². The number of imidazole rings is 1. The lowest BCUT2D eigenvalue weighted by molar-refractivity contribution is 0.587. The molecule has 3 N–H and O–H groups in total. The van der Waals surface area contributed by atoms with Crippen molar-refractivity contribution in [2.45, 2.75) is 6.54 Å². The Morgan fingerprint density at radius 3 is 2.84 bits per heavy atom. The molecule has 1 aromatic heterocycles. The number of aromatic amines is 1. The van der Waals surface area contributed by atoms with E-state index in [1.807, 2.05) is 0 Å². The van der Waals surface area contributed by atoms with Crippen LogP contribution >= 0.6 is 11.6 Å². The van der Waals surface area contributed by atoms with E-state index in [4.69, 9.17) is 11.6 Å². The minimum absolute atomic E-state index is 0.163. The van der Waals surface area contributed by atoms with Gasteiger partial charge in [0, 0.05) is 17.3 Å². The molecule has 0 radical (unpaired) electrons. The Kier molecular flexibility index (Phi) is 4.08. The van der Waals surface area contributed by atoms with Crippen molar-refractivity contribution in [2.75, 3.05) is 11.6 Å². The number of halogens is 1. The lowest BCUT2D eigenvalue weighted by Gasteiger charge is -2.11. The summed E-state index contributed by atoms with van der Waals surface area (Å²) < 4.78 is 24.7. The molecule has 0 aliphatic carbocycles. The summed E-state index contributed by atoms with van der Waals surface area (Å²) in [6.45, 7) is 0.163. The highest BCUT2D eigenvalue weighted by Gasteiger charge is 2.07. The fourth-order valence-corrected chi connectivity index (χ4v) is 2.12. The van der Waals surface area contributed by atoms with E-state index in [0.717, 1.165) is 17.5 Å². The predicted octanol–water partition coefficient (Wildman–Crippen LogP) is 1.86. The summed E-state index contributed by atoms with van der Waals surface area (Å²) in [5, 5.41) is 3.65. The van der Waals surface area contributed by atoms with Crippen molar-refractivity contribution in [1.82, 2.24) is 14.7 Å². The Morgan fingerprint density at radius 2 is 2.21 bits per heavy atom. The molecule has 2 aromatic rings. The molecule has 102 valence electrons. The number of nitrogens with zero attached hydrogens (tertiary/aromatic N) is 1. The van der Waals surface area contributed by atoms with Gasteiger partial charge in [0.2, 0.25) is 10.0 Å². The van der Waals surface area contributed by atoms with Crippen LogP contribution in [0.15, 0.2) is 30.7 Å². The number of hydrogen-bond donors (Lipinski definition) is 3. The first-order valence-corrected chi connectivity index (χ1v) is 7.69. The summed E-state index contributed by atoms with van der Waals surface area (Å²) in [6.07, 6.45) is 4.29. The van der Waals surface area contributed by atoms with Gasteiger partial charge in [-0.3, -0.25) is 0 Å². The summed E-state index contributed by atoms with van der Waals surface area (Å²) in [4.78, 5) is 6.80. The summed E-state index contributed by atoms with van der Waals surface area (Å²) >= 11 is 5.92. The van der Waals surface area contributed by atoms with E-state index in [9.17, 15) is 8.42 Å². The monoisotopic (exact) mass is 300 g/mol. The molecule has 2 rings (SSSR count). The molecule has 0 saturated carbocycles. The molecule has 1 aromatic carbocycles. The third kappa shape index (κ3) is 4.23. The largest absolute Gasteiger partial charge is 0.340 e. The third-order valence-corrected chi connectivity index (χ3v) is 3.26. The third-order valence-electron chi connectivity index (χ3n) is 2.36. The summed E-state index contributed by atoms with van der Waals surface area (Å²) in [5.74, 6) is 0.711. The standard InChI is InChI=1S/C11H13ClN4O2S/c1-19(17,18)15-5-8-4-9(12)2-3-10(8)16-11-6-13-7-14-11/h2-4,6-7,15-16H,5H2,1H3,(H,13,14). The van der Waals surface area contributed by atoms with Crippen LogP contribution in [0, 0.1) is 0 Å². The molecular weight excluding hydrogens is 288 g/mol. The molecule has 0 aliphatic rings. The van der Waals surface area contributed by atoms with E-state index in [1.54, 1.807) is 30.7 Å². The van der Waals surface area contributed by atoms with E-state index in [2.05, 4.69) is 20.0 Å². The Hall–Kier alpha value is -1.57. The highest BCUT2D eigenvalue weighted by atomic mass is 35.5. The summed E-state index contributed by atoms with van der Waals surface area (Å²) in [6, 6.07) is 5.21. The smallest absolute Gasteiger partial charge is 0.209 e. The van der Waals surface area contributed by atoms with E-state index < -0.39 is 10.0 Å². The molecule has 0 unspecified atom stereocenters. The molecule has 6 nitrogen and oxygen atoms in total. The maximum Gasteiger partial charge on any atom is 0.209 e. The van der Waals surface area contributed by atoms with Crippen molar-refractivity contribution in [3.05, 3.63) is 41.3 Å². The van der Waals surface area contributed by atoms with Crippen LogP contribution in [-0.2, 0) is 16.6 Å². The van der Waals surface area contributed by atoms with Crippen molar-refractivity contribution in [1.29, 1.82) is 0 Å². The Bertz CT molecular complexity index is 655. The van der Waals surface area contributed by atoms with E-state index in [1.165, 1.54) is 0 Å². The van der Waals surface area contributed by atoms with Crippen LogP contribution in [0.25, 0.3) is 0 Å². The summed E-state index contributed by atoms with van der Waals surface area (Å²) in [5.41, 5.74) is 1.50. The summed E-state index contributed by atoms with van der Waals surface area (Å²) in [7, 11) is -3.25. The van der Waals surface area contributed by atoms with Crippen LogP contribution < -0.4 is 10.0 Å². The lowest BCUT2D eigenvalue weighted by Crippen LogP contribution is -2.21. The van der Waals surface area contributed by atoms with Gasteiger partial charge in [0.25, 0.3) is 0 Å². The molecule has 19 heavy (non-hydrogen) atoms. The molecule has 0 saturated heterocycles. The van der Waals surface area contributed by atoms with Crippen molar-refractivity contribution < 1.29 is 8.42 Å². The van der Waals surface area contributed by atoms with Gasteiger partial charge in [0.15, 0.2) is 0 Å². The molecule has 0 aliphatic heterocycles. The van der Waals surface area contributed by atoms with Crippen LogP contribution in [0.3, 0.4) is 0 Å². The van der Waals surface area contributed by atoms with Gasteiger partial charge < -0.3 is 10.3 Å². The number of anilines is 2. The van der Waals surface area contributed by atoms with Crippen LogP contribution in [0.4, 0.5) is 11.5 Å². The second-order valence-electron chi connectivity index (χ2n) is 3.99. The predicted molar refractivity (Wildman–Crippen MR) is 75.0 cm³/mol. The quantitative estimate of drug-likeness (QED) is 0.786. The molecule has 0 amide bonds. The topological polar surface area (TPSA) is 86.9 Å². The normalized spacial score (nSPS) is 11.5. The second-order valence-corrected chi connectivity index (χ2v) is 6.25. The first-order chi connectivity index (χ1) is 8.94. The SMILES string of the molecule is CS(=O)(=O)NCc1cc(Cl)ccc1Nc1cnc[nH]1. The highest BCUT2D eigenvalue weighted by Crippen LogP contribution is 2.23. The first kappa shape index (κ1) is 13.9. The number of rotatable bonds is 5. The fourth-order valence-electron chi connectivity index (χ4n) is 1.51. The van der Waals surface area contributed by atoms with Crippen molar-refractivity contribution in [3.63, 3.8) is 0 Å². The van der Waals surface area contributed by atoms with Crippen LogP contribution in [0.5, 0.6) is 0 Å². The van der Waals surface area contributed by atoms with Crippen LogP contribution in [0.1, 0.15) is 5.56 Å². The number of nitrogens with one attached hydrogen (secondary N) is 3. The van der Waals surface area contributed by atoms with Gasteiger partial charge in [0.05, 0.1) is 18.8 Å². The van der Waals surface area contributed by atoms with E-state index >= 15 is 0 Å². The van der Waals surface area contributed by atoms with Crippen molar-refractivity contribution in [3.8, 4) is 0 Å². The van der Waals surface area contributed by atoms with Gasteiger partial charge in [-0.1, -0.05) is 11.6 Å². The molecule has 0 bridgehead atoms. The molecule has 1 heterocycles. The minimum atomic E-state index is -3.25. The zero-order valence-corrected chi connectivity index (χ0v) is 11.7. The van der Waals surface area contributed by atoms with Gasteiger partial charge >= 0.3 is 0 Å². The zero-order chi connectivity index (χ0) is 13.9. The van der Waals surface area contributed by atoms with Gasteiger partial charge in [-0.2, -0.15) is 0 Å². The van der Waals surface area contributed by atoms with E-state index in [-0.39, 0.29) is 6.54 Å². The Labute approximate surface area is 116 Å². The average Bonchev–Trinajstić information content (AvgIpc) is 2.81. The van der Waals surface area contributed by atoms with Crippen LogP contribution in [-0.4, -0.2) is 24.6 Å². The van der Waals surface area contributed by atoms with Crippen LogP contribution in [0.2, 0.25) is 5.02 Å². The number of aromatic nitrogens is 2. The fraction of sp³-hybridized carbons (Fsp3) is 0.182. The van der Waals surface area contributed by atoms with E-state index in [0.29, 0.717) is 10.8 Å². The number of H-pyrrole nitrogens is 1. The average molecular weight is 301 g/mol. The molecule has 0 spiro atoms. The lowest BCUT2D eigenvalue weighted by atomic mass is 10.2. The molecule has 0 atom stereocenters.